The third-order valence-electron chi connectivity index (χ3n) is 6.30. The van der Waals surface area contributed by atoms with Crippen LogP contribution in [0.15, 0.2) is 42.5 Å². The normalized spacial score (nSPS) is 22.3. The molecule has 0 saturated carbocycles. The van der Waals surface area contributed by atoms with Gasteiger partial charge < -0.3 is 19.7 Å². The minimum atomic E-state index is -1.29. The zero-order chi connectivity index (χ0) is 22.3. The number of nitrogens with zero attached hydrogens (tertiary/aromatic N) is 2. The molecular weight excluding hydrogens is 410 g/mol. The molecule has 0 aromatic heterocycles. The summed E-state index contributed by atoms with van der Waals surface area (Å²) in [5.74, 6) is 0.421. The van der Waals surface area contributed by atoms with Crippen molar-refractivity contribution in [2.45, 2.75) is 31.7 Å². The highest BCUT2D eigenvalue weighted by molar-refractivity contribution is 6.10. The number of imide groups is 1. The minimum absolute atomic E-state index is 0.274. The summed E-state index contributed by atoms with van der Waals surface area (Å²) in [6.07, 6.45) is 2.52. The summed E-state index contributed by atoms with van der Waals surface area (Å²) in [5.41, 5.74) is 1.24. The fourth-order valence-corrected chi connectivity index (χ4v) is 4.52. The Morgan fingerprint density at radius 3 is 2.69 bits per heavy atom. The van der Waals surface area contributed by atoms with E-state index >= 15 is 0 Å². The quantitative estimate of drug-likeness (QED) is 0.749. The first-order valence-electron chi connectivity index (χ1n) is 10.9. The lowest BCUT2D eigenvalue weighted by molar-refractivity contribution is -0.134. The molecule has 3 heterocycles. The fraction of sp³-hybridized carbons (Fsp3) is 0.375. The zero-order valence-corrected chi connectivity index (χ0v) is 17.9. The van der Waals surface area contributed by atoms with Crippen LogP contribution in [0, 0.1) is 0 Å². The smallest absolute Gasteiger partial charge is 0.325 e. The van der Waals surface area contributed by atoms with Gasteiger partial charge in [-0.15, -0.1) is 0 Å². The van der Waals surface area contributed by atoms with E-state index < -0.39 is 17.5 Å². The van der Waals surface area contributed by atoms with Crippen molar-refractivity contribution >= 4 is 23.5 Å². The summed E-state index contributed by atoms with van der Waals surface area (Å²) in [6.45, 7) is 2.99. The largest absolute Gasteiger partial charge is 0.490 e. The van der Waals surface area contributed by atoms with Crippen molar-refractivity contribution in [3.8, 4) is 11.5 Å². The molecule has 0 unspecified atom stereocenters. The lowest BCUT2D eigenvalue weighted by atomic mass is 9.91. The zero-order valence-electron chi connectivity index (χ0n) is 17.9. The summed E-state index contributed by atoms with van der Waals surface area (Å²) in [5, 5.41) is 2.77. The molecule has 3 aliphatic heterocycles. The lowest BCUT2D eigenvalue weighted by Crippen LogP contribution is -2.46. The number of rotatable bonds is 3. The maximum absolute atomic E-state index is 13.3. The maximum Gasteiger partial charge on any atom is 0.325 e. The third-order valence-corrected chi connectivity index (χ3v) is 6.30. The average Bonchev–Trinajstić information content (AvgIpc) is 2.96. The molecule has 0 radical (unpaired) electrons. The number of hydrogen-bond acceptors (Lipinski definition) is 5. The van der Waals surface area contributed by atoms with Crippen molar-refractivity contribution in [2.24, 2.45) is 0 Å². The molecule has 3 aliphatic rings. The number of carbonyl (C=O) groups excluding carboxylic acids is 3. The Hall–Kier alpha value is -3.55. The van der Waals surface area contributed by atoms with Gasteiger partial charge in [0.2, 0.25) is 5.91 Å². The second kappa shape index (κ2) is 7.85. The van der Waals surface area contributed by atoms with Gasteiger partial charge in [-0.1, -0.05) is 24.3 Å². The Morgan fingerprint density at radius 2 is 1.84 bits per heavy atom. The van der Waals surface area contributed by atoms with Crippen molar-refractivity contribution in [3.05, 3.63) is 53.6 Å². The van der Waals surface area contributed by atoms with Gasteiger partial charge in [-0.2, -0.15) is 0 Å². The van der Waals surface area contributed by atoms with Crippen LogP contribution in [0.1, 0.15) is 30.9 Å². The first-order valence-corrected chi connectivity index (χ1v) is 10.9. The number of fused-ring (bicyclic) bond motifs is 2. The number of hydrogen-bond donors (Lipinski definition) is 1. The average molecular weight is 435 g/mol. The molecule has 4 amide bonds. The molecule has 1 saturated heterocycles. The van der Waals surface area contributed by atoms with E-state index in [0.29, 0.717) is 36.8 Å². The molecule has 1 fully saturated rings. The monoisotopic (exact) mass is 435 g/mol. The number of ether oxygens (including phenoxy) is 2. The number of benzene rings is 2. The predicted octanol–water partition coefficient (Wildman–Crippen LogP) is 2.59. The number of urea groups is 1. The van der Waals surface area contributed by atoms with Crippen LogP contribution < -0.4 is 19.7 Å². The number of aryl methyl sites for hydroxylation is 1. The number of nitrogens with one attached hydrogen (secondary N) is 1. The van der Waals surface area contributed by atoms with Gasteiger partial charge in [-0.25, -0.2) is 4.79 Å². The van der Waals surface area contributed by atoms with Crippen LogP contribution in [0.4, 0.5) is 10.5 Å². The summed E-state index contributed by atoms with van der Waals surface area (Å²) in [4.78, 5) is 41.9. The van der Waals surface area contributed by atoms with Crippen LogP contribution in [0.5, 0.6) is 11.5 Å². The van der Waals surface area contributed by atoms with E-state index in [2.05, 4.69) is 5.32 Å². The molecule has 0 aliphatic carbocycles. The minimum Gasteiger partial charge on any atom is -0.490 e. The van der Waals surface area contributed by atoms with E-state index in [-0.39, 0.29) is 12.5 Å². The van der Waals surface area contributed by atoms with Crippen molar-refractivity contribution < 1.29 is 23.9 Å². The molecule has 0 bridgehead atoms. The lowest BCUT2D eigenvalue weighted by Gasteiger charge is -2.30. The second-order valence-corrected chi connectivity index (χ2v) is 8.44. The molecule has 2 aromatic carbocycles. The Labute approximate surface area is 186 Å². The van der Waals surface area contributed by atoms with E-state index in [4.69, 9.17) is 9.47 Å². The van der Waals surface area contributed by atoms with Crippen LogP contribution in [-0.4, -0.2) is 49.0 Å². The summed E-state index contributed by atoms with van der Waals surface area (Å²) >= 11 is 0. The van der Waals surface area contributed by atoms with Gasteiger partial charge in [-0.05, 0) is 49.1 Å². The van der Waals surface area contributed by atoms with Gasteiger partial charge in [0.15, 0.2) is 11.5 Å². The molecule has 2 aromatic rings. The van der Waals surface area contributed by atoms with E-state index in [1.54, 1.807) is 30.0 Å². The number of carbonyl (C=O) groups is 3. The van der Waals surface area contributed by atoms with Crippen molar-refractivity contribution in [1.29, 1.82) is 0 Å². The molecule has 166 valence electrons. The second-order valence-electron chi connectivity index (χ2n) is 8.44. The third kappa shape index (κ3) is 3.36. The molecule has 32 heavy (non-hydrogen) atoms. The molecule has 8 heteroatoms. The van der Waals surface area contributed by atoms with E-state index in [0.717, 1.165) is 35.4 Å². The summed E-state index contributed by atoms with van der Waals surface area (Å²) < 4.78 is 11.4. The van der Waals surface area contributed by atoms with Crippen LogP contribution in [0.2, 0.25) is 0 Å². The van der Waals surface area contributed by atoms with Crippen molar-refractivity contribution in [2.75, 3.05) is 31.2 Å². The van der Waals surface area contributed by atoms with Crippen molar-refractivity contribution in [1.82, 2.24) is 10.2 Å². The van der Waals surface area contributed by atoms with Gasteiger partial charge in [0.1, 0.15) is 12.1 Å². The molecule has 0 spiro atoms. The van der Waals surface area contributed by atoms with Gasteiger partial charge >= 0.3 is 6.03 Å². The van der Waals surface area contributed by atoms with E-state index in [9.17, 15) is 14.4 Å². The van der Waals surface area contributed by atoms with E-state index in [1.807, 2.05) is 24.3 Å². The van der Waals surface area contributed by atoms with Crippen LogP contribution in [0.3, 0.4) is 0 Å². The molecule has 8 nitrogen and oxygen atoms in total. The fourth-order valence-electron chi connectivity index (χ4n) is 4.52. The Balaban J connectivity index is 1.38. The van der Waals surface area contributed by atoms with Gasteiger partial charge in [0, 0.05) is 18.7 Å². The highest BCUT2D eigenvalue weighted by Gasteiger charge is 2.50. The van der Waals surface area contributed by atoms with E-state index in [1.165, 1.54) is 0 Å². The Morgan fingerprint density at radius 1 is 1.06 bits per heavy atom. The maximum atomic E-state index is 13.3. The predicted molar refractivity (Wildman–Crippen MR) is 117 cm³/mol. The highest BCUT2D eigenvalue weighted by Crippen LogP contribution is 2.37. The summed E-state index contributed by atoms with van der Waals surface area (Å²) in [7, 11) is 0. The van der Waals surface area contributed by atoms with Gasteiger partial charge in [0.05, 0.1) is 13.2 Å². The molecule has 1 N–H and O–H groups in total. The summed E-state index contributed by atoms with van der Waals surface area (Å²) in [6, 6.07) is 12.4. The first-order chi connectivity index (χ1) is 15.5. The standard InChI is InChI=1S/C24H25N3O5/c1-24(17-9-10-19-20(14-17)32-13-5-12-31-19)22(29)27(23(30)25-24)15-21(28)26-11-4-7-16-6-2-3-8-18(16)26/h2-3,6,8-10,14H,4-5,7,11-13,15H2,1H3,(H,25,30)/t24-/m0/s1. The topological polar surface area (TPSA) is 88.2 Å². The van der Waals surface area contributed by atoms with Crippen LogP contribution in [0.25, 0.3) is 0 Å². The Kier molecular flexibility index (Phi) is 5.00. The number of amides is 4. The molecular formula is C24H25N3O5. The number of anilines is 1. The van der Waals surface area contributed by atoms with Gasteiger partial charge in [-0.3, -0.25) is 14.5 Å². The van der Waals surface area contributed by atoms with Crippen LogP contribution >= 0.6 is 0 Å². The first kappa shape index (κ1) is 20.4. The molecule has 5 rings (SSSR count). The number of para-hydroxylation sites is 1. The SMILES string of the molecule is C[C@@]1(c2ccc3c(c2)OCCCO3)NC(=O)N(CC(=O)N2CCCc3ccccc32)C1=O. The Bertz CT molecular complexity index is 1100. The van der Waals surface area contributed by atoms with Crippen molar-refractivity contribution in [3.63, 3.8) is 0 Å². The highest BCUT2D eigenvalue weighted by atomic mass is 16.5. The molecule has 1 atom stereocenters. The van der Waals surface area contributed by atoms with Gasteiger partial charge in [0.25, 0.3) is 5.91 Å². The van der Waals surface area contributed by atoms with Crippen LogP contribution in [-0.2, 0) is 21.5 Å².